The molecule has 0 saturated heterocycles. The fraction of sp³-hybridized carbons (Fsp3) is 0.875. The predicted octanol–water partition coefficient (Wildman–Crippen LogP) is 0.683. The fourth-order valence-electron chi connectivity index (χ4n) is 0.730. The molecule has 0 amide bonds. The van der Waals surface area contributed by atoms with Crippen molar-refractivity contribution >= 4 is 5.84 Å². The van der Waals surface area contributed by atoms with Gasteiger partial charge in [0.15, 0.2) is 0 Å². The van der Waals surface area contributed by atoms with Crippen molar-refractivity contribution in [1.82, 2.24) is 5.43 Å². The second kappa shape index (κ2) is 5.11. The third-order valence-electron chi connectivity index (χ3n) is 1.71. The lowest BCUT2D eigenvalue weighted by Crippen LogP contribution is -2.47. The summed E-state index contributed by atoms with van der Waals surface area (Å²) in [5.74, 6) is 6.00. The van der Waals surface area contributed by atoms with Gasteiger partial charge in [-0.3, -0.25) is 4.99 Å². The van der Waals surface area contributed by atoms with Crippen LogP contribution in [0.4, 0.5) is 0 Å². The number of aliphatic imine (C=N–C) groups is 1. The second-order valence-corrected chi connectivity index (χ2v) is 3.09. The molecule has 0 aliphatic heterocycles. The minimum Gasteiger partial charge on any atom is -0.371 e. The Balaban J connectivity index is 4.32. The number of rotatable bonds is 4. The average Bonchev–Trinajstić information content (AvgIpc) is 2.05. The molecule has 0 heterocycles. The first-order valence-electron chi connectivity index (χ1n) is 4.15. The van der Waals surface area contributed by atoms with E-state index in [0.717, 1.165) is 13.0 Å². The number of hydrogen-bond donors (Lipinski definition) is 2. The maximum absolute atomic E-state index is 5.31. The van der Waals surface area contributed by atoms with Gasteiger partial charge in [-0.15, -0.1) is 0 Å². The van der Waals surface area contributed by atoms with Gasteiger partial charge in [0.2, 0.25) is 0 Å². The molecule has 12 heavy (non-hydrogen) atoms. The molecule has 0 unspecified atom stereocenters. The summed E-state index contributed by atoms with van der Waals surface area (Å²) in [6.07, 6.45) is 1.00. The number of nitrogens with zero attached hydrogens (tertiary/aromatic N) is 1. The van der Waals surface area contributed by atoms with Crippen molar-refractivity contribution in [1.29, 1.82) is 0 Å². The Morgan fingerprint density at radius 1 is 1.58 bits per heavy atom. The molecule has 0 aromatic rings. The van der Waals surface area contributed by atoms with Crippen molar-refractivity contribution in [2.75, 3.05) is 13.7 Å². The molecule has 0 fully saturated rings. The van der Waals surface area contributed by atoms with Gasteiger partial charge in [-0.2, -0.15) is 0 Å². The maximum atomic E-state index is 5.31. The van der Waals surface area contributed by atoms with Gasteiger partial charge in [-0.05, 0) is 20.3 Å². The zero-order valence-electron chi connectivity index (χ0n) is 8.35. The topological polar surface area (TPSA) is 59.6 Å². The number of methoxy groups -OCH3 is 1. The van der Waals surface area contributed by atoms with Crippen LogP contribution in [0.25, 0.3) is 0 Å². The van der Waals surface area contributed by atoms with Gasteiger partial charge in [0, 0.05) is 13.7 Å². The van der Waals surface area contributed by atoms with Crippen molar-refractivity contribution in [2.24, 2.45) is 10.8 Å². The molecule has 4 nitrogen and oxygen atoms in total. The van der Waals surface area contributed by atoms with E-state index in [1.54, 1.807) is 7.11 Å². The zero-order chi connectivity index (χ0) is 9.61. The normalized spacial score (nSPS) is 13.2. The van der Waals surface area contributed by atoms with E-state index in [-0.39, 0.29) is 0 Å². The second-order valence-electron chi connectivity index (χ2n) is 3.09. The van der Waals surface area contributed by atoms with E-state index in [9.17, 15) is 0 Å². The minimum atomic E-state index is -0.427. The Kier molecular flexibility index (Phi) is 4.85. The van der Waals surface area contributed by atoms with Crippen molar-refractivity contribution in [3.8, 4) is 0 Å². The van der Waals surface area contributed by atoms with Crippen molar-refractivity contribution in [3.63, 3.8) is 0 Å². The number of hydrazine groups is 1. The van der Waals surface area contributed by atoms with Crippen LogP contribution < -0.4 is 11.3 Å². The summed E-state index contributed by atoms with van der Waals surface area (Å²) in [6, 6.07) is 0. The molecule has 0 radical (unpaired) electrons. The smallest absolute Gasteiger partial charge is 0.143 e. The molecule has 0 atom stereocenters. The van der Waals surface area contributed by atoms with Gasteiger partial charge in [0.05, 0.1) is 0 Å². The van der Waals surface area contributed by atoms with Crippen LogP contribution in [0.5, 0.6) is 0 Å². The first-order valence-corrected chi connectivity index (χ1v) is 4.15. The van der Waals surface area contributed by atoms with Gasteiger partial charge < -0.3 is 10.2 Å². The van der Waals surface area contributed by atoms with Gasteiger partial charge in [0.1, 0.15) is 11.4 Å². The highest BCUT2D eigenvalue weighted by atomic mass is 16.5. The maximum Gasteiger partial charge on any atom is 0.143 e. The van der Waals surface area contributed by atoms with Crippen molar-refractivity contribution < 1.29 is 4.74 Å². The average molecular weight is 173 g/mol. The van der Waals surface area contributed by atoms with Crippen LogP contribution in [0.15, 0.2) is 4.99 Å². The lowest BCUT2D eigenvalue weighted by atomic mass is 10.1. The van der Waals surface area contributed by atoms with E-state index >= 15 is 0 Å². The Labute approximate surface area is 74.2 Å². The van der Waals surface area contributed by atoms with Gasteiger partial charge in [-0.25, -0.2) is 5.84 Å². The molecule has 0 aliphatic carbocycles. The standard InChI is InChI=1S/C8H19N3O/c1-5-6-10-7(11-9)8(2,3)12-4/h5-6,9H2,1-4H3,(H,10,11). The highest BCUT2D eigenvalue weighted by molar-refractivity contribution is 5.89. The highest BCUT2D eigenvalue weighted by Crippen LogP contribution is 2.08. The zero-order valence-corrected chi connectivity index (χ0v) is 8.35. The highest BCUT2D eigenvalue weighted by Gasteiger charge is 2.23. The predicted molar refractivity (Wildman–Crippen MR) is 51.0 cm³/mol. The summed E-state index contributed by atoms with van der Waals surface area (Å²) in [6.45, 7) is 6.67. The van der Waals surface area contributed by atoms with E-state index in [0.29, 0.717) is 5.84 Å². The molecule has 4 heteroatoms. The molecule has 3 N–H and O–H groups in total. The quantitative estimate of drug-likeness (QED) is 0.284. The Morgan fingerprint density at radius 2 is 2.17 bits per heavy atom. The number of amidine groups is 1. The molecule has 72 valence electrons. The summed E-state index contributed by atoms with van der Waals surface area (Å²) in [5.41, 5.74) is 2.13. The van der Waals surface area contributed by atoms with Crippen LogP contribution in [0, 0.1) is 0 Å². The van der Waals surface area contributed by atoms with Crippen molar-refractivity contribution in [3.05, 3.63) is 0 Å². The number of hydrogen-bond acceptors (Lipinski definition) is 3. The third kappa shape index (κ3) is 3.19. The monoisotopic (exact) mass is 173 g/mol. The molecule has 0 aromatic carbocycles. The fourth-order valence-corrected chi connectivity index (χ4v) is 0.730. The molecule has 0 spiro atoms. The summed E-state index contributed by atoms with van der Waals surface area (Å²) >= 11 is 0. The van der Waals surface area contributed by atoms with E-state index in [1.807, 2.05) is 13.8 Å². The van der Waals surface area contributed by atoms with Crippen LogP contribution in [-0.2, 0) is 4.74 Å². The first-order chi connectivity index (χ1) is 5.58. The van der Waals surface area contributed by atoms with E-state index in [2.05, 4.69) is 17.3 Å². The molecule has 0 saturated carbocycles. The van der Waals surface area contributed by atoms with Crippen LogP contribution in [0.2, 0.25) is 0 Å². The van der Waals surface area contributed by atoms with Crippen LogP contribution in [-0.4, -0.2) is 25.1 Å². The summed E-state index contributed by atoms with van der Waals surface area (Å²) in [5, 5.41) is 0. The number of nitrogens with two attached hydrogens (primary N) is 1. The minimum absolute atomic E-state index is 0.427. The van der Waals surface area contributed by atoms with Crippen LogP contribution >= 0.6 is 0 Å². The third-order valence-corrected chi connectivity index (χ3v) is 1.71. The molecule has 0 aromatic heterocycles. The number of ether oxygens (including phenoxy) is 1. The lowest BCUT2D eigenvalue weighted by Gasteiger charge is -2.24. The number of nitrogens with one attached hydrogen (secondary N) is 1. The Bertz CT molecular complexity index is 154. The van der Waals surface area contributed by atoms with Crippen molar-refractivity contribution in [2.45, 2.75) is 32.8 Å². The molecular weight excluding hydrogens is 154 g/mol. The van der Waals surface area contributed by atoms with Crippen LogP contribution in [0.1, 0.15) is 27.2 Å². The molecular formula is C8H19N3O. The Morgan fingerprint density at radius 3 is 2.50 bits per heavy atom. The summed E-state index contributed by atoms with van der Waals surface area (Å²) in [4.78, 5) is 4.26. The van der Waals surface area contributed by atoms with E-state index in [4.69, 9.17) is 10.6 Å². The lowest BCUT2D eigenvalue weighted by molar-refractivity contribution is 0.0794. The van der Waals surface area contributed by atoms with E-state index < -0.39 is 5.60 Å². The Hall–Kier alpha value is -0.610. The summed E-state index contributed by atoms with van der Waals surface area (Å²) in [7, 11) is 1.64. The molecule has 0 rings (SSSR count). The molecule has 0 bridgehead atoms. The van der Waals surface area contributed by atoms with Gasteiger partial charge >= 0.3 is 0 Å². The van der Waals surface area contributed by atoms with E-state index in [1.165, 1.54) is 0 Å². The summed E-state index contributed by atoms with van der Waals surface area (Å²) < 4.78 is 5.21. The van der Waals surface area contributed by atoms with Gasteiger partial charge in [0.25, 0.3) is 0 Å². The SMILES string of the molecule is CCCN=C(NN)C(C)(C)OC. The molecule has 0 aliphatic rings. The van der Waals surface area contributed by atoms with Crippen LogP contribution in [0.3, 0.4) is 0 Å². The largest absolute Gasteiger partial charge is 0.371 e. The van der Waals surface area contributed by atoms with Gasteiger partial charge in [-0.1, -0.05) is 6.92 Å². The first kappa shape index (κ1) is 11.4.